The van der Waals surface area contributed by atoms with E-state index in [9.17, 15) is 4.39 Å². The minimum Gasteiger partial charge on any atom is -0.377 e. The quantitative estimate of drug-likeness (QED) is 0.784. The summed E-state index contributed by atoms with van der Waals surface area (Å²) >= 11 is 0. The van der Waals surface area contributed by atoms with Crippen LogP contribution in [0.5, 0.6) is 0 Å². The number of nitrogens with one attached hydrogen (secondary N) is 1. The number of hydrogen-bond acceptors (Lipinski definition) is 3. The third-order valence-electron chi connectivity index (χ3n) is 2.44. The van der Waals surface area contributed by atoms with Crippen LogP contribution in [0.15, 0.2) is 18.2 Å². The predicted octanol–water partition coefficient (Wildman–Crippen LogP) is 2.55. The van der Waals surface area contributed by atoms with Crippen molar-refractivity contribution in [1.82, 2.24) is 0 Å². The van der Waals surface area contributed by atoms with Crippen LogP contribution in [0, 0.1) is 12.7 Å². The normalized spacial score (nSPS) is 12.9. The third-order valence-corrected chi connectivity index (χ3v) is 2.44. The first-order valence-electron chi connectivity index (χ1n) is 5.16. The molecule has 1 N–H and O–H groups in total. The molecule has 0 aliphatic rings. The van der Waals surface area contributed by atoms with Gasteiger partial charge in [0.05, 0.1) is 6.04 Å². The summed E-state index contributed by atoms with van der Waals surface area (Å²) in [5.74, 6) is -0.219. The highest BCUT2D eigenvalue weighted by Crippen LogP contribution is 2.15. The van der Waals surface area contributed by atoms with E-state index in [0.29, 0.717) is 5.56 Å². The Morgan fingerprint density at radius 3 is 2.38 bits per heavy atom. The van der Waals surface area contributed by atoms with Crippen LogP contribution in [0.25, 0.3) is 0 Å². The Balaban J connectivity index is 2.69. The van der Waals surface area contributed by atoms with E-state index in [1.165, 1.54) is 6.07 Å². The van der Waals surface area contributed by atoms with E-state index in [2.05, 4.69) is 5.32 Å². The van der Waals surface area contributed by atoms with Gasteiger partial charge in [-0.25, -0.2) is 4.39 Å². The average Bonchev–Trinajstić information content (AvgIpc) is 2.25. The lowest BCUT2D eigenvalue weighted by Gasteiger charge is -2.23. The fraction of sp³-hybridized carbons (Fsp3) is 0.500. The molecule has 0 saturated carbocycles. The molecule has 0 spiro atoms. The average molecular weight is 227 g/mol. The van der Waals surface area contributed by atoms with Crippen LogP contribution < -0.4 is 5.32 Å². The van der Waals surface area contributed by atoms with Crippen LogP contribution in [0.3, 0.4) is 0 Å². The molecular weight excluding hydrogens is 209 g/mol. The van der Waals surface area contributed by atoms with Gasteiger partial charge in [0.2, 0.25) is 0 Å². The fourth-order valence-electron chi connectivity index (χ4n) is 1.52. The zero-order valence-corrected chi connectivity index (χ0v) is 10.1. The smallest absolute Gasteiger partial charge is 0.176 e. The predicted molar refractivity (Wildman–Crippen MR) is 62.0 cm³/mol. The van der Waals surface area contributed by atoms with E-state index in [-0.39, 0.29) is 18.1 Å². The van der Waals surface area contributed by atoms with Gasteiger partial charge in [-0.2, -0.15) is 0 Å². The molecule has 4 heteroatoms. The molecule has 0 aromatic heterocycles. The summed E-state index contributed by atoms with van der Waals surface area (Å²) in [5.41, 5.74) is 1.35. The second kappa shape index (κ2) is 5.82. The van der Waals surface area contributed by atoms with Gasteiger partial charge in [0.1, 0.15) is 5.82 Å². The van der Waals surface area contributed by atoms with E-state index in [1.807, 2.05) is 13.0 Å². The molecule has 0 radical (unpaired) electrons. The zero-order valence-electron chi connectivity index (χ0n) is 10.1. The van der Waals surface area contributed by atoms with Crippen LogP contribution >= 0.6 is 0 Å². The third kappa shape index (κ3) is 3.18. The Labute approximate surface area is 95.6 Å². The molecule has 0 bridgehead atoms. The maximum absolute atomic E-state index is 13.3. The lowest BCUT2D eigenvalue weighted by atomic mass is 10.2. The monoisotopic (exact) mass is 227 g/mol. The Bertz CT molecular complexity index is 340. The molecule has 1 aromatic rings. The first kappa shape index (κ1) is 12.9. The summed E-state index contributed by atoms with van der Waals surface area (Å²) in [6.07, 6.45) is -0.357. The molecule has 0 heterocycles. The van der Waals surface area contributed by atoms with Crippen molar-refractivity contribution in [2.75, 3.05) is 19.5 Å². The number of halogens is 1. The standard InChI is InChI=1S/C12H18FNO2/c1-8-5-6-10(7-11(8)13)14-9(2)12(15-3)16-4/h5-7,9,12,14H,1-4H3. The van der Waals surface area contributed by atoms with Gasteiger partial charge in [-0.1, -0.05) is 6.07 Å². The second-order valence-electron chi connectivity index (χ2n) is 3.74. The lowest BCUT2D eigenvalue weighted by molar-refractivity contribution is -0.109. The molecule has 0 aliphatic carbocycles. The Morgan fingerprint density at radius 2 is 1.88 bits per heavy atom. The SMILES string of the molecule is COC(OC)C(C)Nc1ccc(C)c(F)c1. The first-order valence-corrected chi connectivity index (χ1v) is 5.16. The van der Waals surface area contributed by atoms with E-state index >= 15 is 0 Å². The van der Waals surface area contributed by atoms with Gasteiger partial charge in [-0.3, -0.25) is 0 Å². The van der Waals surface area contributed by atoms with Crippen LogP contribution in [0.1, 0.15) is 12.5 Å². The molecule has 0 amide bonds. The molecule has 3 nitrogen and oxygen atoms in total. The van der Waals surface area contributed by atoms with Gasteiger partial charge in [0.25, 0.3) is 0 Å². The number of anilines is 1. The number of rotatable bonds is 5. The van der Waals surface area contributed by atoms with Crippen LogP contribution in [0.2, 0.25) is 0 Å². The maximum atomic E-state index is 13.3. The molecular formula is C12H18FNO2. The fourth-order valence-corrected chi connectivity index (χ4v) is 1.52. The Morgan fingerprint density at radius 1 is 1.25 bits per heavy atom. The topological polar surface area (TPSA) is 30.5 Å². The molecule has 1 rings (SSSR count). The highest BCUT2D eigenvalue weighted by atomic mass is 19.1. The zero-order chi connectivity index (χ0) is 12.1. The summed E-state index contributed by atoms with van der Waals surface area (Å²) in [6, 6.07) is 4.97. The number of ether oxygens (including phenoxy) is 2. The molecule has 0 saturated heterocycles. The van der Waals surface area contributed by atoms with Crippen LogP contribution in [0.4, 0.5) is 10.1 Å². The summed E-state index contributed by atoms with van der Waals surface area (Å²) in [5, 5.41) is 3.12. The molecule has 1 atom stereocenters. The van der Waals surface area contributed by atoms with Crippen molar-refractivity contribution >= 4 is 5.69 Å². The molecule has 90 valence electrons. The van der Waals surface area contributed by atoms with Gasteiger partial charge in [0.15, 0.2) is 6.29 Å². The minimum absolute atomic E-state index is 0.0582. The first-order chi connectivity index (χ1) is 7.58. The molecule has 0 fully saturated rings. The van der Waals surface area contributed by atoms with Crippen molar-refractivity contribution in [3.8, 4) is 0 Å². The van der Waals surface area contributed by atoms with Gasteiger partial charge in [-0.15, -0.1) is 0 Å². The van der Waals surface area contributed by atoms with Crippen LogP contribution in [-0.2, 0) is 9.47 Å². The maximum Gasteiger partial charge on any atom is 0.176 e. The van der Waals surface area contributed by atoms with Crippen molar-refractivity contribution in [3.05, 3.63) is 29.6 Å². The summed E-state index contributed by atoms with van der Waals surface area (Å²) < 4.78 is 23.5. The number of methoxy groups -OCH3 is 2. The minimum atomic E-state index is -0.357. The Kier molecular flexibility index (Phi) is 4.71. The van der Waals surface area contributed by atoms with E-state index < -0.39 is 0 Å². The van der Waals surface area contributed by atoms with Gasteiger partial charge in [-0.05, 0) is 31.5 Å². The summed E-state index contributed by atoms with van der Waals surface area (Å²) in [6.45, 7) is 3.64. The van der Waals surface area contributed by atoms with E-state index in [0.717, 1.165) is 5.69 Å². The van der Waals surface area contributed by atoms with Crippen molar-refractivity contribution in [2.24, 2.45) is 0 Å². The van der Waals surface area contributed by atoms with Crippen molar-refractivity contribution < 1.29 is 13.9 Å². The highest BCUT2D eigenvalue weighted by molar-refractivity contribution is 5.45. The van der Waals surface area contributed by atoms with E-state index in [4.69, 9.17) is 9.47 Å². The van der Waals surface area contributed by atoms with Crippen molar-refractivity contribution in [2.45, 2.75) is 26.2 Å². The molecule has 1 aromatic carbocycles. The molecule has 16 heavy (non-hydrogen) atoms. The summed E-state index contributed by atoms with van der Waals surface area (Å²) in [4.78, 5) is 0. The number of benzene rings is 1. The lowest BCUT2D eigenvalue weighted by Crippen LogP contribution is -2.33. The van der Waals surface area contributed by atoms with Gasteiger partial charge >= 0.3 is 0 Å². The molecule has 1 unspecified atom stereocenters. The van der Waals surface area contributed by atoms with Gasteiger partial charge in [0, 0.05) is 19.9 Å². The van der Waals surface area contributed by atoms with Gasteiger partial charge < -0.3 is 14.8 Å². The largest absolute Gasteiger partial charge is 0.377 e. The van der Waals surface area contributed by atoms with Crippen molar-refractivity contribution in [1.29, 1.82) is 0 Å². The van der Waals surface area contributed by atoms with Crippen LogP contribution in [-0.4, -0.2) is 26.6 Å². The second-order valence-corrected chi connectivity index (χ2v) is 3.74. The Hall–Kier alpha value is -1.13. The summed E-state index contributed by atoms with van der Waals surface area (Å²) in [7, 11) is 3.14. The molecule has 0 aliphatic heterocycles. The number of hydrogen-bond donors (Lipinski definition) is 1. The number of aryl methyl sites for hydroxylation is 1. The highest BCUT2D eigenvalue weighted by Gasteiger charge is 2.15. The van der Waals surface area contributed by atoms with Crippen molar-refractivity contribution in [3.63, 3.8) is 0 Å². The van der Waals surface area contributed by atoms with E-state index in [1.54, 1.807) is 27.2 Å².